The van der Waals surface area contributed by atoms with Crippen LogP contribution in [0.4, 0.5) is 0 Å². The summed E-state index contributed by atoms with van der Waals surface area (Å²) >= 11 is 0. The van der Waals surface area contributed by atoms with Crippen LogP contribution in [0.2, 0.25) is 0 Å². The molecule has 0 aliphatic rings. The van der Waals surface area contributed by atoms with E-state index in [-0.39, 0.29) is 11.5 Å². The lowest BCUT2D eigenvalue weighted by Crippen LogP contribution is -2.21. The largest absolute Gasteiger partial charge is 0.507 e. The van der Waals surface area contributed by atoms with Gasteiger partial charge in [0.25, 0.3) is 0 Å². The fraction of sp³-hybridized carbons (Fsp3) is 0. The predicted molar refractivity (Wildman–Crippen MR) is 123 cm³/mol. The van der Waals surface area contributed by atoms with Crippen LogP contribution in [0.3, 0.4) is 0 Å². The average Bonchev–Trinajstić information content (AvgIpc) is 2.78. The maximum atomic E-state index is 11.2. The van der Waals surface area contributed by atoms with Gasteiger partial charge in [0.05, 0.1) is 0 Å². The molecule has 5 aromatic rings. The van der Waals surface area contributed by atoms with Crippen molar-refractivity contribution in [2.75, 3.05) is 0 Å². The first kappa shape index (κ1) is 17.7. The second-order valence-corrected chi connectivity index (χ2v) is 9.13. The van der Waals surface area contributed by atoms with Gasteiger partial charge in [-0.3, -0.25) is 0 Å². The van der Waals surface area contributed by atoms with Crippen molar-refractivity contribution in [3.05, 3.63) is 103 Å². The van der Waals surface area contributed by atoms with Gasteiger partial charge < -0.3 is 10.2 Å². The number of phenolic OH excluding ortho intramolecular Hbond substituents is 2. The normalized spacial score (nSPS) is 11.3. The highest BCUT2D eigenvalue weighted by molar-refractivity contribution is 7.80. The van der Waals surface area contributed by atoms with Crippen molar-refractivity contribution in [2.24, 2.45) is 0 Å². The van der Waals surface area contributed by atoms with E-state index in [4.69, 9.17) is 0 Å². The SMILES string of the molecule is Oc1c(P(c2ccccc2)c2ccc3ccccc3c2O)ccc2ccccc12. The predicted octanol–water partition coefficient (Wildman–Crippen LogP) is 5.16. The van der Waals surface area contributed by atoms with Gasteiger partial charge >= 0.3 is 0 Å². The molecule has 3 heteroatoms. The highest BCUT2D eigenvalue weighted by Gasteiger charge is 2.24. The lowest BCUT2D eigenvalue weighted by atomic mass is 10.1. The molecule has 0 amide bonds. The molecule has 0 unspecified atom stereocenters. The van der Waals surface area contributed by atoms with E-state index in [1.54, 1.807) is 0 Å². The van der Waals surface area contributed by atoms with E-state index in [0.29, 0.717) is 0 Å². The molecule has 0 heterocycles. The van der Waals surface area contributed by atoms with Crippen molar-refractivity contribution in [2.45, 2.75) is 0 Å². The molecule has 0 aromatic heterocycles. The van der Waals surface area contributed by atoms with Gasteiger partial charge in [0.15, 0.2) is 0 Å². The lowest BCUT2D eigenvalue weighted by molar-refractivity contribution is 0.485. The van der Waals surface area contributed by atoms with Crippen LogP contribution in [-0.2, 0) is 0 Å². The zero-order chi connectivity index (χ0) is 19.8. The molecule has 140 valence electrons. The Labute approximate surface area is 170 Å². The molecule has 2 nitrogen and oxygen atoms in total. The first-order valence-corrected chi connectivity index (χ1v) is 10.8. The maximum Gasteiger partial charge on any atom is 0.131 e. The quantitative estimate of drug-likeness (QED) is 0.415. The Bertz CT molecular complexity index is 1240. The number of fused-ring (bicyclic) bond motifs is 2. The number of hydrogen-bond acceptors (Lipinski definition) is 2. The fourth-order valence-electron chi connectivity index (χ4n) is 3.83. The standard InChI is InChI=1S/C26H19O2P/c27-25-21-12-6-4-8-18(21)14-16-23(25)29(20-10-2-1-3-11-20)24-17-15-19-9-5-7-13-22(19)26(24)28/h1-17,27-28H. The highest BCUT2D eigenvalue weighted by Crippen LogP contribution is 2.42. The Morgan fingerprint density at radius 2 is 0.897 bits per heavy atom. The van der Waals surface area contributed by atoms with Gasteiger partial charge in [-0.15, -0.1) is 0 Å². The number of benzene rings is 5. The third-order valence-electron chi connectivity index (χ3n) is 5.25. The molecular weight excluding hydrogens is 375 g/mol. The van der Waals surface area contributed by atoms with Gasteiger partial charge in [0, 0.05) is 21.4 Å². The summed E-state index contributed by atoms with van der Waals surface area (Å²) < 4.78 is 0. The Hall–Kier alpha value is -3.35. The second-order valence-electron chi connectivity index (χ2n) is 6.98. The molecule has 0 fully saturated rings. The van der Waals surface area contributed by atoms with E-state index in [1.165, 1.54) is 0 Å². The van der Waals surface area contributed by atoms with Gasteiger partial charge in [-0.2, -0.15) is 0 Å². The van der Waals surface area contributed by atoms with Gasteiger partial charge in [-0.1, -0.05) is 91.0 Å². The summed E-state index contributed by atoms with van der Waals surface area (Å²) in [5.41, 5.74) is 0. The van der Waals surface area contributed by atoms with Crippen molar-refractivity contribution < 1.29 is 10.2 Å². The first-order valence-electron chi connectivity index (χ1n) is 9.50. The Morgan fingerprint density at radius 1 is 0.448 bits per heavy atom. The zero-order valence-corrected chi connectivity index (χ0v) is 16.6. The molecule has 5 aromatic carbocycles. The van der Waals surface area contributed by atoms with Crippen molar-refractivity contribution in [3.8, 4) is 11.5 Å². The molecule has 0 bridgehead atoms. The summed E-state index contributed by atoms with van der Waals surface area (Å²) in [6, 6.07) is 33.9. The molecule has 0 radical (unpaired) electrons. The summed E-state index contributed by atoms with van der Waals surface area (Å²) in [5.74, 6) is 0.566. The van der Waals surface area contributed by atoms with Gasteiger partial charge in [-0.05, 0) is 36.1 Å². The van der Waals surface area contributed by atoms with E-state index in [0.717, 1.165) is 37.5 Å². The van der Waals surface area contributed by atoms with E-state index in [1.807, 2.05) is 91.0 Å². The molecule has 0 aliphatic carbocycles. The Kier molecular flexibility index (Phi) is 4.42. The van der Waals surface area contributed by atoms with E-state index in [9.17, 15) is 10.2 Å². The maximum absolute atomic E-state index is 11.2. The van der Waals surface area contributed by atoms with Gasteiger partial charge in [0.2, 0.25) is 0 Å². The summed E-state index contributed by atoms with van der Waals surface area (Å²) in [4.78, 5) is 0. The first-order chi connectivity index (χ1) is 14.2. The van der Waals surface area contributed by atoms with Crippen molar-refractivity contribution in [1.82, 2.24) is 0 Å². The number of phenols is 2. The zero-order valence-electron chi connectivity index (χ0n) is 15.7. The third kappa shape index (κ3) is 3.03. The van der Waals surface area contributed by atoms with E-state index < -0.39 is 7.92 Å². The minimum Gasteiger partial charge on any atom is -0.507 e. The molecule has 5 rings (SSSR count). The number of hydrogen-bond donors (Lipinski definition) is 2. The summed E-state index contributed by atoms with van der Waals surface area (Å²) in [5, 5.41) is 28.8. The molecule has 0 atom stereocenters. The minimum atomic E-state index is -1.13. The van der Waals surface area contributed by atoms with E-state index in [2.05, 4.69) is 12.1 Å². The van der Waals surface area contributed by atoms with Gasteiger partial charge in [0.1, 0.15) is 11.5 Å². The highest BCUT2D eigenvalue weighted by atomic mass is 31.1. The Morgan fingerprint density at radius 3 is 1.41 bits per heavy atom. The number of rotatable bonds is 3. The Balaban J connectivity index is 1.81. The number of aromatic hydroxyl groups is 2. The van der Waals surface area contributed by atoms with Crippen LogP contribution in [0.5, 0.6) is 11.5 Å². The van der Waals surface area contributed by atoms with E-state index >= 15 is 0 Å². The molecular formula is C26H19O2P. The van der Waals surface area contributed by atoms with Crippen LogP contribution >= 0.6 is 7.92 Å². The minimum absolute atomic E-state index is 0.283. The topological polar surface area (TPSA) is 40.5 Å². The van der Waals surface area contributed by atoms with Crippen LogP contribution in [-0.4, -0.2) is 10.2 Å². The molecule has 29 heavy (non-hydrogen) atoms. The second kappa shape index (κ2) is 7.24. The molecule has 0 saturated carbocycles. The molecule has 0 aliphatic heterocycles. The summed E-state index contributed by atoms with van der Waals surface area (Å²) in [7, 11) is -1.13. The van der Waals surface area contributed by atoms with Crippen LogP contribution in [0.25, 0.3) is 21.5 Å². The van der Waals surface area contributed by atoms with Crippen LogP contribution in [0.15, 0.2) is 103 Å². The van der Waals surface area contributed by atoms with Crippen molar-refractivity contribution in [1.29, 1.82) is 0 Å². The van der Waals surface area contributed by atoms with Crippen LogP contribution < -0.4 is 15.9 Å². The molecule has 0 saturated heterocycles. The van der Waals surface area contributed by atoms with Crippen molar-refractivity contribution in [3.63, 3.8) is 0 Å². The smallest absolute Gasteiger partial charge is 0.131 e. The molecule has 2 N–H and O–H groups in total. The monoisotopic (exact) mass is 394 g/mol. The lowest BCUT2D eigenvalue weighted by Gasteiger charge is -2.22. The summed E-state index contributed by atoms with van der Waals surface area (Å²) in [6.07, 6.45) is 0. The average molecular weight is 394 g/mol. The van der Waals surface area contributed by atoms with Crippen molar-refractivity contribution >= 4 is 45.4 Å². The summed E-state index contributed by atoms with van der Waals surface area (Å²) in [6.45, 7) is 0. The molecule has 0 spiro atoms. The fourth-order valence-corrected chi connectivity index (χ4v) is 6.23. The van der Waals surface area contributed by atoms with Crippen LogP contribution in [0.1, 0.15) is 0 Å². The third-order valence-corrected chi connectivity index (χ3v) is 7.75. The van der Waals surface area contributed by atoms with Gasteiger partial charge in [-0.25, -0.2) is 0 Å². The van der Waals surface area contributed by atoms with Crippen LogP contribution in [0, 0.1) is 0 Å².